The van der Waals surface area contributed by atoms with Crippen LogP contribution in [-0.4, -0.2) is 73.9 Å². The molecule has 1 saturated heterocycles. The van der Waals surface area contributed by atoms with Gasteiger partial charge in [0.15, 0.2) is 0 Å². The number of ether oxygens (including phenoxy) is 3. The fourth-order valence-corrected chi connectivity index (χ4v) is 4.29. The lowest BCUT2D eigenvalue weighted by Gasteiger charge is -2.39. The zero-order valence-corrected chi connectivity index (χ0v) is 17.4. The second kappa shape index (κ2) is 8.68. The molecule has 0 amide bonds. The van der Waals surface area contributed by atoms with Gasteiger partial charge >= 0.3 is 0 Å². The lowest BCUT2D eigenvalue weighted by Crippen LogP contribution is -2.60. The number of aryl methyl sites for hydroxylation is 2. The molecule has 32 heavy (non-hydrogen) atoms. The fraction of sp³-hybridized carbons (Fsp3) is 0.435. The number of nitrogens with zero attached hydrogens (tertiary/aromatic N) is 2. The van der Waals surface area contributed by atoms with Gasteiger partial charge in [0.1, 0.15) is 41.4 Å². The first-order chi connectivity index (χ1) is 15.5. The predicted octanol–water partition coefficient (Wildman–Crippen LogP) is 0.393. The number of aliphatic hydroxyl groups is 4. The van der Waals surface area contributed by atoms with Crippen LogP contribution in [0.3, 0.4) is 0 Å². The van der Waals surface area contributed by atoms with Crippen molar-refractivity contribution < 1.29 is 34.6 Å². The van der Waals surface area contributed by atoms with Crippen LogP contribution < -0.4 is 9.47 Å². The van der Waals surface area contributed by atoms with Gasteiger partial charge in [-0.1, -0.05) is 18.2 Å². The highest BCUT2D eigenvalue weighted by Crippen LogP contribution is 2.30. The van der Waals surface area contributed by atoms with E-state index in [2.05, 4.69) is 17.1 Å². The molecule has 2 aliphatic rings. The fourth-order valence-electron chi connectivity index (χ4n) is 4.29. The van der Waals surface area contributed by atoms with E-state index in [-0.39, 0.29) is 0 Å². The van der Waals surface area contributed by atoms with E-state index in [0.29, 0.717) is 12.3 Å². The molecule has 4 N–H and O–H groups in total. The Balaban J connectivity index is 1.37. The molecule has 2 aromatic carbocycles. The second-order valence-electron chi connectivity index (χ2n) is 8.17. The van der Waals surface area contributed by atoms with Crippen LogP contribution in [0.1, 0.15) is 11.1 Å². The summed E-state index contributed by atoms with van der Waals surface area (Å²) in [6.45, 7) is 0.869. The molecule has 5 unspecified atom stereocenters. The summed E-state index contributed by atoms with van der Waals surface area (Å²) >= 11 is 0. The van der Waals surface area contributed by atoms with Crippen LogP contribution in [0.15, 0.2) is 42.7 Å². The number of hydrogen-bond donors (Lipinski definition) is 4. The maximum atomic E-state index is 10.3. The third kappa shape index (κ3) is 3.82. The minimum absolute atomic E-state index is 0.423. The average Bonchev–Trinajstić information content (AvgIpc) is 3.45. The first-order valence-corrected chi connectivity index (χ1v) is 10.7. The predicted molar refractivity (Wildman–Crippen MR) is 113 cm³/mol. The van der Waals surface area contributed by atoms with Crippen LogP contribution in [0.25, 0.3) is 11.0 Å². The van der Waals surface area contributed by atoms with Gasteiger partial charge in [0, 0.05) is 13.0 Å². The molecule has 9 heteroatoms. The van der Waals surface area contributed by atoms with Crippen LogP contribution in [0, 0.1) is 0 Å². The average molecular weight is 442 g/mol. The molecule has 1 aromatic heterocycles. The van der Waals surface area contributed by atoms with Crippen LogP contribution in [-0.2, 0) is 24.1 Å². The van der Waals surface area contributed by atoms with Crippen molar-refractivity contribution in [3.8, 4) is 11.5 Å². The van der Waals surface area contributed by atoms with Crippen LogP contribution >= 0.6 is 0 Å². The summed E-state index contributed by atoms with van der Waals surface area (Å²) < 4.78 is 19.0. The quantitative estimate of drug-likeness (QED) is 0.432. The van der Waals surface area contributed by atoms with Crippen molar-refractivity contribution in [3.05, 3.63) is 53.9 Å². The SMILES string of the molecule is OCC1OC(Oc2cccc3ncn(CCc4ccc5c(c4)CCO5)c23)C(O)C(O)C1O. The molecular formula is C23H26N2O7. The van der Waals surface area contributed by atoms with Gasteiger partial charge in [-0.05, 0) is 35.7 Å². The van der Waals surface area contributed by atoms with Crippen LogP contribution in [0.2, 0.25) is 0 Å². The minimum atomic E-state index is -1.50. The van der Waals surface area contributed by atoms with E-state index in [0.717, 1.165) is 36.2 Å². The largest absolute Gasteiger partial charge is 0.493 e. The summed E-state index contributed by atoms with van der Waals surface area (Å²) in [5, 5.41) is 39.8. The zero-order valence-electron chi connectivity index (χ0n) is 17.4. The van der Waals surface area contributed by atoms with E-state index in [1.54, 1.807) is 18.5 Å². The van der Waals surface area contributed by atoms with Crippen molar-refractivity contribution in [2.75, 3.05) is 13.2 Å². The molecule has 0 radical (unpaired) electrons. The van der Waals surface area contributed by atoms with Crippen molar-refractivity contribution in [1.29, 1.82) is 0 Å². The molecule has 0 bridgehead atoms. The van der Waals surface area contributed by atoms with Crippen LogP contribution in [0.4, 0.5) is 0 Å². The third-order valence-electron chi connectivity index (χ3n) is 6.09. The maximum absolute atomic E-state index is 10.3. The number of imidazole rings is 1. The van der Waals surface area contributed by atoms with E-state index in [9.17, 15) is 20.4 Å². The highest BCUT2D eigenvalue weighted by molar-refractivity contribution is 5.82. The Morgan fingerprint density at radius 3 is 2.81 bits per heavy atom. The lowest BCUT2D eigenvalue weighted by atomic mass is 9.99. The van der Waals surface area contributed by atoms with Crippen molar-refractivity contribution in [2.45, 2.75) is 50.1 Å². The van der Waals surface area contributed by atoms with E-state index in [4.69, 9.17) is 14.2 Å². The molecule has 0 spiro atoms. The molecule has 5 atom stereocenters. The highest BCUT2D eigenvalue weighted by atomic mass is 16.7. The topological polar surface area (TPSA) is 126 Å². The number of rotatable bonds is 6. The van der Waals surface area contributed by atoms with Gasteiger partial charge < -0.3 is 39.2 Å². The molecular weight excluding hydrogens is 416 g/mol. The van der Waals surface area contributed by atoms with Gasteiger partial charge in [-0.2, -0.15) is 0 Å². The summed E-state index contributed by atoms with van der Waals surface area (Å²) in [7, 11) is 0. The summed E-state index contributed by atoms with van der Waals surface area (Å²) in [5.74, 6) is 1.38. The van der Waals surface area contributed by atoms with E-state index >= 15 is 0 Å². The Morgan fingerprint density at radius 2 is 1.97 bits per heavy atom. The van der Waals surface area contributed by atoms with Gasteiger partial charge in [-0.3, -0.25) is 0 Å². The molecule has 1 fully saturated rings. The first-order valence-electron chi connectivity index (χ1n) is 10.7. The van der Waals surface area contributed by atoms with E-state index in [1.807, 2.05) is 16.7 Å². The number of fused-ring (bicyclic) bond motifs is 2. The Labute approximate surface area is 184 Å². The zero-order chi connectivity index (χ0) is 22.2. The van der Waals surface area contributed by atoms with Gasteiger partial charge in [0.2, 0.25) is 6.29 Å². The monoisotopic (exact) mass is 442 g/mol. The number of aliphatic hydroxyl groups excluding tert-OH is 4. The Morgan fingerprint density at radius 1 is 1.09 bits per heavy atom. The number of benzene rings is 2. The van der Waals surface area contributed by atoms with Gasteiger partial charge in [0.25, 0.3) is 0 Å². The minimum Gasteiger partial charge on any atom is -0.493 e. The maximum Gasteiger partial charge on any atom is 0.229 e. The van der Waals surface area contributed by atoms with Gasteiger partial charge in [-0.25, -0.2) is 4.98 Å². The molecule has 5 rings (SSSR count). The summed E-state index contributed by atoms with van der Waals surface area (Å²) in [4.78, 5) is 4.45. The van der Waals surface area contributed by atoms with Crippen molar-refractivity contribution in [1.82, 2.24) is 9.55 Å². The Hall–Kier alpha value is -2.69. The van der Waals surface area contributed by atoms with Crippen molar-refractivity contribution >= 4 is 11.0 Å². The van der Waals surface area contributed by atoms with E-state index < -0.39 is 37.3 Å². The molecule has 0 aliphatic carbocycles. The third-order valence-corrected chi connectivity index (χ3v) is 6.09. The van der Waals surface area contributed by atoms with Gasteiger partial charge in [-0.15, -0.1) is 0 Å². The summed E-state index contributed by atoms with van der Waals surface area (Å²) in [6.07, 6.45) is -3.26. The van der Waals surface area contributed by atoms with E-state index in [1.165, 1.54) is 11.1 Å². The second-order valence-corrected chi connectivity index (χ2v) is 8.17. The highest BCUT2D eigenvalue weighted by Gasteiger charge is 2.44. The molecule has 9 nitrogen and oxygen atoms in total. The van der Waals surface area contributed by atoms with Crippen molar-refractivity contribution in [2.24, 2.45) is 0 Å². The smallest absolute Gasteiger partial charge is 0.229 e. The number of aromatic nitrogens is 2. The van der Waals surface area contributed by atoms with Crippen molar-refractivity contribution in [3.63, 3.8) is 0 Å². The van der Waals surface area contributed by atoms with Gasteiger partial charge in [0.05, 0.1) is 25.1 Å². The molecule has 3 aromatic rings. The summed E-state index contributed by atoms with van der Waals surface area (Å²) in [5.41, 5.74) is 3.87. The Bertz CT molecular complexity index is 1100. The standard InChI is InChI=1S/C23H26N2O7/c26-11-18-20(27)21(28)22(29)23(32-18)31-17-3-1-2-15-19(17)25(12-24-15)8-6-13-4-5-16-14(10-13)7-9-30-16/h1-5,10,12,18,20-23,26-29H,6-9,11H2. The Kier molecular flexibility index (Phi) is 5.75. The van der Waals surface area contributed by atoms with Crippen LogP contribution in [0.5, 0.6) is 11.5 Å². The number of para-hydroxylation sites is 1. The normalized spacial score (nSPS) is 27.3. The lowest BCUT2D eigenvalue weighted by molar-refractivity contribution is -0.277. The summed E-state index contributed by atoms with van der Waals surface area (Å²) in [6, 6.07) is 11.6. The number of hydrogen-bond acceptors (Lipinski definition) is 8. The molecule has 3 heterocycles. The molecule has 170 valence electrons. The first kappa shape index (κ1) is 21.2. The molecule has 0 saturated carbocycles. The molecule has 2 aliphatic heterocycles.